The van der Waals surface area contributed by atoms with Crippen LogP contribution in [-0.4, -0.2) is 17.0 Å². The molecule has 1 aromatic carbocycles. The fourth-order valence-corrected chi connectivity index (χ4v) is 1.78. The topological polar surface area (TPSA) is 84.2 Å². The highest BCUT2D eigenvalue weighted by Crippen LogP contribution is 2.14. The lowest BCUT2D eigenvalue weighted by atomic mass is 10.2. The van der Waals surface area contributed by atoms with Gasteiger partial charge in [0.15, 0.2) is 5.82 Å². The molecule has 2 N–H and O–H groups in total. The summed E-state index contributed by atoms with van der Waals surface area (Å²) in [4.78, 5) is 23.5. The third kappa shape index (κ3) is 4.45. The normalized spacial score (nSPS) is 10.2. The van der Waals surface area contributed by atoms with Crippen molar-refractivity contribution in [1.29, 1.82) is 0 Å². The van der Waals surface area contributed by atoms with Gasteiger partial charge < -0.3 is 15.2 Å². The molecule has 2 aromatic rings. The summed E-state index contributed by atoms with van der Waals surface area (Å²) in [6, 6.07) is 9.10. The smallest absolute Gasteiger partial charge is 0.226 e. The number of benzene rings is 1. The van der Waals surface area contributed by atoms with Crippen molar-refractivity contribution < 1.29 is 14.1 Å². The molecular weight excluding hydrogens is 270 g/mol. The van der Waals surface area contributed by atoms with Crippen LogP contribution in [0.3, 0.4) is 0 Å². The molecule has 0 aliphatic carbocycles. The molecule has 2 rings (SSSR count). The predicted molar refractivity (Wildman–Crippen MR) is 78.9 cm³/mol. The molecule has 0 bridgehead atoms. The summed E-state index contributed by atoms with van der Waals surface area (Å²) in [5, 5.41) is 9.00. The number of hydrogen-bond acceptors (Lipinski definition) is 4. The Bertz CT molecular complexity index is 649. The maximum Gasteiger partial charge on any atom is 0.226 e. The van der Waals surface area contributed by atoms with E-state index in [2.05, 4.69) is 15.8 Å². The highest BCUT2D eigenvalue weighted by molar-refractivity contribution is 5.96. The zero-order valence-electron chi connectivity index (χ0n) is 12.0. The minimum Gasteiger partial charge on any atom is -0.360 e. The Morgan fingerprint density at radius 1 is 1.10 bits per heavy atom. The molecule has 0 aliphatic heterocycles. The van der Waals surface area contributed by atoms with Gasteiger partial charge in [-0.2, -0.15) is 0 Å². The van der Waals surface area contributed by atoms with Crippen molar-refractivity contribution in [3.05, 3.63) is 41.7 Å². The third-order valence-electron chi connectivity index (χ3n) is 2.89. The van der Waals surface area contributed by atoms with Gasteiger partial charge in [-0.15, -0.1) is 0 Å². The molecule has 0 unspecified atom stereocenters. The van der Waals surface area contributed by atoms with Gasteiger partial charge >= 0.3 is 0 Å². The van der Waals surface area contributed by atoms with E-state index in [1.807, 2.05) is 31.2 Å². The van der Waals surface area contributed by atoms with Crippen molar-refractivity contribution in [2.75, 3.05) is 10.6 Å². The van der Waals surface area contributed by atoms with E-state index in [-0.39, 0.29) is 24.7 Å². The molecule has 0 radical (unpaired) electrons. The first-order valence-corrected chi connectivity index (χ1v) is 6.63. The van der Waals surface area contributed by atoms with Crippen molar-refractivity contribution in [3.63, 3.8) is 0 Å². The van der Waals surface area contributed by atoms with Gasteiger partial charge in [0.1, 0.15) is 5.76 Å². The molecule has 1 heterocycles. The van der Waals surface area contributed by atoms with Crippen molar-refractivity contribution in [2.24, 2.45) is 0 Å². The first kappa shape index (κ1) is 14.8. The van der Waals surface area contributed by atoms with E-state index in [9.17, 15) is 9.59 Å². The molecule has 6 nitrogen and oxygen atoms in total. The Morgan fingerprint density at radius 3 is 2.38 bits per heavy atom. The fourth-order valence-electron chi connectivity index (χ4n) is 1.78. The van der Waals surface area contributed by atoms with Crippen LogP contribution in [0.1, 0.15) is 24.2 Å². The molecule has 0 fully saturated rings. The molecule has 110 valence electrons. The van der Waals surface area contributed by atoms with E-state index in [1.54, 1.807) is 13.0 Å². The number of carbonyl (C=O) groups is 2. The second-order valence-electron chi connectivity index (χ2n) is 4.73. The second-order valence-corrected chi connectivity index (χ2v) is 4.73. The van der Waals surface area contributed by atoms with Gasteiger partial charge in [-0.3, -0.25) is 9.59 Å². The van der Waals surface area contributed by atoms with E-state index in [0.717, 1.165) is 11.3 Å². The van der Waals surface area contributed by atoms with Crippen LogP contribution in [0.25, 0.3) is 0 Å². The zero-order chi connectivity index (χ0) is 15.2. The number of anilines is 2. The quantitative estimate of drug-likeness (QED) is 0.885. The van der Waals surface area contributed by atoms with Gasteiger partial charge in [-0.05, 0) is 25.5 Å². The van der Waals surface area contributed by atoms with Crippen LogP contribution >= 0.6 is 0 Å². The Labute approximate surface area is 122 Å². The number of nitrogens with one attached hydrogen (secondary N) is 2. The summed E-state index contributed by atoms with van der Waals surface area (Å²) in [5.41, 5.74) is 1.74. The molecule has 0 saturated heterocycles. The fraction of sp³-hybridized carbons (Fsp3) is 0.267. The van der Waals surface area contributed by atoms with E-state index in [1.165, 1.54) is 0 Å². The lowest BCUT2D eigenvalue weighted by molar-refractivity contribution is -0.121. The van der Waals surface area contributed by atoms with E-state index < -0.39 is 0 Å². The first-order valence-electron chi connectivity index (χ1n) is 6.63. The number of amides is 2. The van der Waals surface area contributed by atoms with Crippen LogP contribution in [-0.2, 0) is 9.59 Å². The average Bonchev–Trinajstić information content (AvgIpc) is 2.84. The number of aryl methyl sites for hydroxylation is 2. The SMILES string of the molecule is Cc1cc(NC(=O)CCC(=O)Nc2ccccc2C)no1. The standard InChI is InChI=1S/C15H17N3O3/c1-10-5-3-4-6-12(10)16-14(19)7-8-15(20)17-13-9-11(2)21-18-13/h3-6,9H,7-8H2,1-2H3,(H,16,19)(H,17,18,20). The molecule has 2 amide bonds. The molecule has 21 heavy (non-hydrogen) atoms. The highest BCUT2D eigenvalue weighted by atomic mass is 16.5. The summed E-state index contributed by atoms with van der Waals surface area (Å²) in [6.45, 7) is 3.65. The van der Waals surface area contributed by atoms with Gasteiger partial charge in [0, 0.05) is 24.6 Å². The molecule has 0 spiro atoms. The Morgan fingerprint density at radius 2 is 1.76 bits per heavy atom. The Kier molecular flexibility index (Phi) is 4.71. The molecule has 1 aromatic heterocycles. The summed E-state index contributed by atoms with van der Waals surface area (Å²) >= 11 is 0. The third-order valence-corrected chi connectivity index (χ3v) is 2.89. The largest absolute Gasteiger partial charge is 0.360 e. The molecule has 0 atom stereocenters. The number of rotatable bonds is 5. The van der Waals surface area contributed by atoms with E-state index in [4.69, 9.17) is 4.52 Å². The summed E-state index contributed by atoms with van der Waals surface area (Å²) in [5.74, 6) is 0.499. The van der Waals surface area contributed by atoms with Crippen LogP contribution in [0.15, 0.2) is 34.9 Å². The maximum atomic E-state index is 11.8. The highest BCUT2D eigenvalue weighted by Gasteiger charge is 2.10. The van der Waals surface area contributed by atoms with Crippen molar-refractivity contribution in [2.45, 2.75) is 26.7 Å². The first-order chi connectivity index (χ1) is 10.0. The van der Waals surface area contributed by atoms with E-state index >= 15 is 0 Å². The second kappa shape index (κ2) is 6.69. The minimum atomic E-state index is -0.275. The van der Waals surface area contributed by atoms with Gasteiger partial charge in [0.2, 0.25) is 11.8 Å². The summed E-state index contributed by atoms with van der Waals surface area (Å²) < 4.78 is 4.84. The van der Waals surface area contributed by atoms with Crippen LogP contribution in [0.4, 0.5) is 11.5 Å². The summed E-state index contributed by atoms with van der Waals surface area (Å²) in [6.07, 6.45) is 0.195. The van der Waals surface area contributed by atoms with Gasteiger partial charge in [-0.25, -0.2) is 0 Å². The van der Waals surface area contributed by atoms with Crippen molar-refractivity contribution in [1.82, 2.24) is 5.16 Å². The number of para-hydroxylation sites is 1. The van der Waals surface area contributed by atoms with Crippen LogP contribution in [0.2, 0.25) is 0 Å². The van der Waals surface area contributed by atoms with Crippen LogP contribution in [0.5, 0.6) is 0 Å². The number of carbonyl (C=O) groups excluding carboxylic acids is 2. The van der Waals surface area contributed by atoms with Crippen molar-refractivity contribution >= 4 is 23.3 Å². The van der Waals surface area contributed by atoms with Gasteiger partial charge in [0.25, 0.3) is 0 Å². The molecular formula is C15H17N3O3. The lowest BCUT2D eigenvalue weighted by Crippen LogP contribution is -2.17. The van der Waals surface area contributed by atoms with E-state index in [0.29, 0.717) is 11.6 Å². The van der Waals surface area contributed by atoms with Gasteiger partial charge in [-0.1, -0.05) is 23.4 Å². The Hall–Kier alpha value is -2.63. The number of aromatic nitrogens is 1. The molecule has 0 saturated carbocycles. The van der Waals surface area contributed by atoms with Crippen LogP contribution < -0.4 is 10.6 Å². The number of hydrogen-bond donors (Lipinski definition) is 2. The van der Waals surface area contributed by atoms with Crippen LogP contribution in [0, 0.1) is 13.8 Å². The molecule has 0 aliphatic rings. The van der Waals surface area contributed by atoms with Gasteiger partial charge in [0.05, 0.1) is 0 Å². The monoisotopic (exact) mass is 287 g/mol. The summed E-state index contributed by atoms with van der Waals surface area (Å²) in [7, 11) is 0. The minimum absolute atomic E-state index is 0.0869. The molecule has 6 heteroatoms. The Balaban J connectivity index is 1.78. The average molecular weight is 287 g/mol. The zero-order valence-corrected chi connectivity index (χ0v) is 12.0. The van der Waals surface area contributed by atoms with Crippen molar-refractivity contribution in [3.8, 4) is 0 Å². The lowest BCUT2D eigenvalue weighted by Gasteiger charge is -2.07. The maximum absolute atomic E-state index is 11.8. The number of nitrogens with zero attached hydrogens (tertiary/aromatic N) is 1. The predicted octanol–water partition coefficient (Wildman–Crippen LogP) is 2.65.